The first kappa shape index (κ1) is 13.8. The fraction of sp³-hybridized carbons (Fsp3) is 0.333. The van der Waals surface area contributed by atoms with E-state index in [1.807, 2.05) is 32.0 Å². The predicted octanol–water partition coefficient (Wildman–Crippen LogP) is 5.18. The van der Waals surface area contributed by atoms with Crippen molar-refractivity contribution in [2.24, 2.45) is 0 Å². The van der Waals surface area contributed by atoms with Gasteiger partial charge in [0.2, 0.25) is 5.88 Å². The maximum Gasteiger partial charge on any atom is 0.227 e. The second-order valence-electron chi connectivity index (χ2n) is 5.09. The molecule has 1 fully saturated rings. The molecule has 1 saturated carbocycles. The van der Waals surface area contributed by atoms with E-state index >= 15 is 0 Å². The van der Waals surface area contributed by atoms with E-state index in [1.54, 1.807) is 0 Å². The highest BCUT2D eigenvalue weighted by molar-refractivity contribution is 9.10. The Hall–Kier alpha value is -1.13. The topological polar surface area (TPSA) is 35.0 Å². The van der Waals surface area contributed by atoms with Crippen LogP contribution >= 0.6 is 27.5 Å². The van der Waals surface area contributed by atoms with Crippen LogP contribution in [0, 0.1) is 13.8 Å². The van der Waals surface area contributed by atoms with Crippen molar-refractivity contribution in [3.63, 3.8) is 0 Å². The third kappa shape index (κ3) is 2.81. The molecule has 5 heteroatoms. The van der Waals surface area contributed by atoms with Crippen LogP contribution in [-0.2, 0) is 0 Å². The molecule has 104 valence electrons. The lowest BCUT2D eigenvalue weighted by Crippen LogP contribution is -2.00. The summed E-state index contributed by atoms with van der Waals surface area (Å²) in [5.74, 6) is 2.56. The van der Waals surface area contributed by atoms with Crippen molar-refractivity contribution in [2.45, 2.75) is 32.6 Å². The summed E-state index contributed by atoms with van der Waals surface area (Å²) < 4.78 is 6.93. The van der Waals surface area contributed by atoms with Crippen molar-refractivity contribution >= 4 is 27.5 Å². The molecule has 1 aliphatic carbocycles. The van der Waals surface area contributed by atoms with Gasteiger partial charge in [0.1, 0.15) is 16.7 Å². The van der Waals surface area contributed by atoms with Gasteiger partial charge in [-0.3, -0.25) is 0 Å². The molecule has 20 heavy (non-hydrogen) atoms. The lowest BCUT2D eigenvalue weighted by Gasteiger charge is -2.12. The summed E-state index contributed by atoms with van der Waals surface area (Å²) in [4.78, 5) is 8.87. The second-order valence-corrected chi connectivity index (χ2v) is 6.36. The molecule has 1 aromatic carbocycles. The molecular formula is C15H14BrClN2O. The standard InChI is InChI=1S/C15H14BrClN2O/c1-8-3-6-11(16)7-12(8)20-15-9(2)13(17)18-14(19-15)10-4-5-10/h3,6-7,10H,4-5H2,1-2H3. The molecule has 0 N–H and O–H groups in total. The van der Waals surface area contributed by atoms with Gasteiger partial charge >= 0.3 is 0 Å². The molecule has 0 bridgehead atoms. The average Bonchev–Trinajstić information content (AvgIpc) is 3.23. The van der Waals surface area contributed by atoms with Gasteiger partial charge in [-0.2, -0.15) is 4.98 Å². The minimum absolute atomic E-state index is 0.444. The smallest absolute Gasteiger partial charge is 0.227 e. The Morgan fingerprint density at radius 3 is 2.70 bits per heavy atom. The largest absolute Gasteiger partial charge is 0.438 e. The van der Waals surface area contributed by atoms with Crippen LogP contribution in [0.15, 0.2) is 22.7 Å². The van der Waals surface area contributed by atoms with Gasteiger partial charge < -0.3 is 4.74 Å². The molecule has 1 heterocycles. The van der Waals surface area contributed by atoms with Crippen LogP contribution < -0.4 is 4.74 Å². The number of rotatable bonds is 3. The second kappa shape index (κ2) is 5.34. The number of hydrogen-bond donors (Lipinski definition) is 0. The number of halogens is 2. The summed E-state index contributed by atoms with van der Waals surface area (Å²) in [6, 6.07) is 5.92. The zero-order chi connectivity index (χ0) is 14.3. The van der Waals surface area contributed by atoms with E-state index < -0.39 is 0 Å². The van der Waals surface area contributed by atoms with Gasteiger partial charge in [-0.25, -0.2) is 4.98 Å². The SMILES string of the molecule is Cc1ccc(Br)cc1Oc1nc(C2CC2)nc(Cl)c1C. The summed E-state index contributed by atoms with van der Waals surface area (Å²) in [5, 5.41) is 0.476. The number of aryl methyl sites for hydroxylation is 1. The van der Waals surface area contributed by atoms with Crippen molar-refractivity contribution in [1.29, 1.82) is 0 Å². The minimum Gasteiger partial charge on any atom is -0.438 e. The molecular weight excluding hydrogens is 340 g/mol. The molecule has 0 aliphatic heterocycles. The molecule has 0 atom stereocenters. The Kier molecular flexibility index (Phi) is 3.69. The lowest BCUT2D eigenvalue weighted by atomic mass is 10.2. The van der Waals surface area contributed by atoms with Crippen LogP contribution in [0.4, 0.5) is 0 Å². The average molecular weight is 354 g/mol. The van der Waals surface area contributed by atoms with E-state index in [1.165, 1.54) is 0 Å². The van der Waals surface area contributed by atoms with Crippen molar-refractivity contribution in [1.82, 2.24) is 9.97 Å². The van der Waals surface area contributed by atoms with Crippen LogP contribution in [0.1, 0.15) is 35.7 Å². The van der Waals surface area contributed by atoms with Gasteiger partial charge in [0.25, 0.3) is 0 Å². The number of benzene rings is 1. The van der Waals surface area contributed by atoms with E-state index in [4.69, 9.17) is 16.3 Å². The zero-order valence-electron chi connectivity index (χ0n) is 11.3. The first-order valence-corrected chi connectivity index (χ1v) is 7.69. The van der Waals surface area contributed by atoms with Crippen LogP contribution in [0.5, 0.6) is 11.6 Å². The molecule has 0 unspecified atom stereocenters. The molecule has 0 saturated heterocycles. The van der Waals surface area contributed by atoms with Crippen LogP contribution in [0.2, 0.25) is 5.15 Å². The number of nitrogens with zero attached hydrogens (tertiary/aromatic N) is 2. The highest BCUT2D eigenvalue weighted by atomic mass is 79.9. The van der Waals surface area contributed by atoms with Crippen LogP contribution in [0.25, 0.3) is 0 Å². The predicted molar refractivity (Wildman–Crippen MR) is 82.7 cm³/mol. The summed E-state index contributed by atoms with van der Waals surface area (Å²) in [6.07, 6.45) is 2.27. The van der Waals surface area contributed by atoms with E-state index in [0.717, 1.165) is 40.0 Å². The fourth-order valence-corrected chi connectivity index (χ4v) is 2.40. The first-order chi connectivity index (χ1) is 9.54. The number of ether oxygens (including phenoxy) is 1. The highest BCUT2D eigenvalue weighted by Crippen LogP contribution is 2.40. The van der Waals surface area contributed by atoms with Gasteiger partial charge in [0.15, 0.2) is 0 Å². The van der Waals surface area contributed by atoms with Crippen molar-refractivity contribution in [2.75, 3.05) is 0 Å². The third-order valence-electron chi connectivity index (χ3n) is 3.36. The summed E-state index contributed by atoms with van der Waals surface area (Å²) in [5.41, 5.74) is 1.82. The Balaban J connectivity index is 1.99. The van der Waals surface area contributed by atoms with Crippen LogP contribution in [0.3, 0.4) is 0 Å². The quantitative estimate of drug-likeness (QED) is 0.713. The van der Waals surface area contributed by atoms with Gasteiger partial charge in [0.05, 0.1) is 0 Å². The molecule has 3 nitrogen and oxygen atoms in total. The summed E-state index contributed by atoms with van der Waals surface area (Å²) >= 11 is 9.64. The molecule has 3 rings (SSSR count). The third-order valence-corrected chi connectivity index (χ3v) is 4.22. The van der Waals surface area contributed by atoms with Gasteiger partial charge in [-0.05, 0) is 44.4 Å². The number of hydrogen-bond acceptors (Lipinski definition) is 3. The van der Waals surface area contributed by atoms with Crippen LogP contribution in [-0.4, -0.2) is 9.97 Å². The fourth-order valence-electron chi connectivity index (χ4n) is 1.90. The van der Waals surface area contributed by atoms with Gasteiger partial charge in [-0.15, -0.1) is 0 Å². The maximum atomic E-state index is 6.19. The first-order valence-electron chi connectivity index (χ1n) is 6.52. The van der Waals surface area contributed by atoms with E-state index in [9.17, 15) is 0 Å². The molecule has 0 radical (unpaired) electrons. The van der Waals surface area contributed by atoms with E-state index in [-0.39, 0.29) is 0 Å². The summed E-state index contributed by atoms with van der Waals surface area (Å²) in [6.45, 7) is 3.88. The molecule has 0 spiro atoms. The molecule has 2 aromatic rings. The van der Waals surface area contributed by atoms with Crippen molar-refractivity contribution in [3.8, 4) is 11.6 Å². The van der Waals surface area contributed by atoms with Gasteiger partial charge in [0, 0.05) is 16.0 Å². The molecule has 0 amide bonds. The Labute approximate surface area is 131 Å². The molecule has 1 aliphatic rings. The monoisotopic (exact) mass is 352 g/mol. The minimum atomic E-state index is 0.444. The van der Waals surface area contributed by atoms with Crippen molar-refractivity contribution in [3.05, 3.63) is 44.8 Å². The number of aromatic nitrogens is 2. The maximum absolute atomic E-state index is 6.19. The Bertz CT molecular complexity index is 671. The Morgan fingerprint density at radius 1 is 1.25 bits per heavy atom. The normalized spacial score (nSPS) is 14.4. The van der Waals surface area contributed by atoms with Crippen molar-refractivity contribution < 1.29 is 4.74 Å². The Morgan fingerprint density at radius 2 is 2.00 bits per heavy atom. The lowest BCUT2D eigenvalue weighted by molar-refractivity contribution is 0.450. The van der Waals surface area contributed by atoms with E-state index in [2.05, 4.69) is 25.9 Å². The van der Waals surface area contributed by atoms with Gasteiger partial charge in [-0.1, -0.05) is 33.6 Å². The molecule has 1 aromatic heterocycles. The summed E-state index contributed by atoms with van der Waals surface area (Å²) in [7, 11) is 0. The van der Waals surface area contributed by atoms with E-state index in [0.29, 0.717) is 17.0 Å². The highest BCUT2D eigenvalue weighted by Gasteiger charge is 2.28. The zero-order valence-corrected chi connectivity index (χ0v) is 13.6.